The highest BCUT2D eigenvalue weighted by atomic mass is 35.5. The molecule has 120 valence electrons. The minimum atomic E-state index is 0.226. The molecule has 0 saturated carbocycles. The first-order chi connectivity index (χ1) is 11.7. The van der Waals surface area contributed by atoms with Crippen molar-refractivity contribution in [3.8, 4) is 11.6 Å². The highest BCUT2D eigenvalue weighted by molar-refractivity contribution is 6.30. The van der Waals surface area contributed by atoms with E-state index in [1.807, 2.05) is 53.2 Å². The third-order valence-electron chi connectivity index (χ3n) is 3.72. The average Bonchev–Trinajstić information content (AvgIpc) is 3.18. The molecule has 0 saturated heterocycles. The van der Waals surface area contributed by atoms with Gasteiger partial charge in [0.1, 0.15) is 5.69 Å². The Morgan fingerprint density at radius 3 is 2.79 bits per heavy atom. The molecule has 0 atom stereocenters. The fourth-order valence-corrected chi connectivity index (χ4v) is 2.87. The van der Waals surface area contributed by atoms with Crippen LogP contribution < -0.4 is 5.73 Å². The Bertz CT molecular complexity index is 1010. The largest absolute Gasteiger partial charge is 0.332 e. The molecule has 2 N–H and O–H groups in total. The average molecular weight is 340 g/mol. The predicted octanol–water partition coefficient (Wildman–Crippen LogP) is 3.25. The van der Waals surface area contributed by atoms with Crippen molar-refractivity contribution in [3.63, 3.8) is 0 Å². The summed E-state index contributed by atoms with van der Waals surface area (Å²) in [5.74, 6) is 0.871. The normalized spacial score (nSPS) is 11.2. The molecular weight excluding hydrogens is 326 g/mol. The van der Waals surface area contributed by atoms with E-state index in [0.717, 1.165) is 22.2 Å². The van der Waals surface area contributed by atoms with Gasteiger partial charge in [0.15, 0.2) is 5.82 Å². The van der Waals surface area contributed by atoms with E-state index < -0.39 is 0 Å². The van der Waals surface area contributed by atoms with Gasteiger partial charge < -0.3 is 10.3 Å². The van der Waals surface area contributed by atoms with Crippen molar-refractivity contribution in [2.45, 2.75) is 13.1 Å². The Labute approximate surface area is 142 Å². The molecule has 0 aliphatic rings. The van der Waals surface area contributed by atoms with Gasteiger partial charge in [0.2, 0.25) is 0 Å². The lowest BCUT2D eigenvalue weighted by atomic mass is 10.2. The van der Waals surface area contributed by atoms with Crippen LogP contribution in [0.15, 0.2) is 53.1 Å². The third-order valence-corrected chi connectivity index (χ3v) is 3.96. The van der Waals surface area contributed by atoms with Crippen molar-refractivity contribution in [2.24, 2.45) is 5.73 Å². The number of aromatic nitrogens is 4. The van der Waals surface area contributed by atoms with E-state index in [1.165, 1.54) is 0 Å². The van der Waals surface area contributed by atoms with Gasteiger partial charge in [0.05, 0.1) is 18.6 Å². The molecule has 0 bridgehead atoms. The molecule has 0 unspecified atom stereocenters. The third kappa shape index (κ3) is 2.66. The Kier molecular flexibility index (Phi) is 3.76. The van der Waals surface area contributed by atoms with Crippen LogP contribution in [-0.4, -0.2) is 19.9 Å². The molecule has 0 aliphatic heterocycles. The van der Waals surface area contributed by atoms with Crippen molar-refractivity contribution in [1.82, 2.24) is 19.9 Å². The number of hydrogen-bond donors (Lipinski definition) is 1. The zero-order chi connectivity index (χ0) is 16.5. The summed E-state index contributed by atoms with van der Waals surface area (Å²) >= 11 is 6.08. The summed E-state index contributed by atoms with van der Waals surface area (Å²) in [6, 6.07) is 15.5. The van der Waals surface area contributed by atoms with Crippen LogP contribution in [0.1, 0.15) is 11.4 Å². The monoisotopic (exact) mass is 339 g/mol. The molecule has 24 heavy (non-hydrogen) atoms. The molecule has 0 radical (unpaired) electrons. The Hall–Kier alpha value is -2.70. The van der Waals surface area contributed by atoms with E-state index in [0.29, 0.717) is 23.3 Å². The lowest BCUT2D eigenvalue weighted by Gasteiger charge is -2.05. The first kappa shape index (κ1) is 14.9. The van der Waals surface area contributed by atoms with Crippen LogP contribution in [0.25, 0.3) is 22.5 Å². The van der Waals surface area contributed by atoms with E-state index in [2.05, 4.69) is 15.2 Å². The second-order valence-electron chi connectivity index (χ2n) is 5.37. The molecule has 2 heterocycles. The molecule has 6 nitrogen and oxygen atoms in total. The number of halogens is 1. The molecule has 7 heteroatoms. The van der Waals surface area contributed by atoms with Crippen LogP contribution in [0.2, 0.25) is 5.02 Å². The lowest BCUT2D eigenvalue weighted by molar-refractivity contribution is 0.419. The van der Waals surface area contributed by atoms with Crippen molar-refractivity contribution in [2.75, 3.05) is 0 Å². The van der Waals surface area contributed by atoms with E-state index in [9.17, 15) is 0 Å². The minimum Gasteiger partial charge on any atom is -0.332 e. The van der Waals surface area contributed by atoms with Crippen LogP contribution in [0.3, 0.4) is 0 Å². The topological polar surface area (TPSA) is 82.8 Å². The molecular formula is C17H14ClN5O. The first-order valence-corrected chi connectivity index (χ1v) is 7.85. The number of nitrogens with two attached hydrogens (primary N) is 1. The van der Waals surface area contributed by atoms with Crippen molar-refractivity contribution < 1.29 is 4.52 Å². The first-order valence-electron chi connectivity index (χ1n) is 7.47. The molecule has 0 amide bonds. The molecule has 2 aromatic carbocycles. The fourth-order valence-electron chi connectivity index (χ4n) is 2.66. The summed E-state index contributed by atoms with van der Waals surface area (Å²) in [5, 5.41) is 10.2. The van der Waals surface area contributed by atoms with Gasteiger partial charge in [-0.25, -0.2) is 0 Å². The predicted molar refractivity (Wildman–Crippen MR) is 91.5 cm³/mol. The van der Waals surface area contributed by atoms with Crippen LogP contribution in [0.5, 0.6) is 0 Å². The van der Waals surface area contributed by atoms with Crippen LogP contribution in [-0.2, 0) is 13.1 Å². The zero-order valence-electron chi connectivity index (χ0n) is 12.7. The number of benzene rings is 2. The van der Waals surface area contributed by atoms with Gasteiger partial charge in [0.25, 0.3) is 5.89 Å². The number of fused-ring (bicyclic) bond motifs is 1. The van der Waals surface area contributed by atoms with Gasteiger partial charge >= 0.3 is 0 Å². The second kappa shape index (κ2) is 6.07. The number of rotatable bonds is 4. The number of nitrogens with zero attached hydrogens (tertiary/aromatic N) is 4. The molecule has 4 rings (SSSR count). The fraction of sp³-hybridized carbons (Fsp3) is 0.118. The molecule has 2 aromatic heterocycles. The number of hydrogen-bond acceptors (Lipinski definition) is 5. The minimum absolute atomic E-state index is 0.226. The summed E-state index contributed by atoms with van der Waals surface area (Å²) in [4.78, 5) is 4.35. The summed E-state index contributed by atoms with van der Waals surface area (Å²) in [6.07, 6.45) is 0. The summed E-state index contributed by atoms with van der Waals surface area (Å²) in [5.41, 5.74) is 8.26. The lowest BCUT2D eigenvalue weighted by Crippen LogP contribution is -2.04. The maximum Gasteiger partial charge on any atom is 0.276 e. The van der Waals surface area contributed by atoms with Crippen molar-refractivity contribution >= 4 is 22.5 Å². The van der Waals surface area contributed by atoms with E-state index in [1.54, 1.807) is 0 Å². The quantitative estimate of drug-likeness (QED) is 0.617. The van der Waals surface area contributed by atoms with Crippen molar-refractivity contribution in [1.29, 1.82) is 0 Å². The van der Waals surface area contributed by atoms with Gasteiger partial charge in [-0.1, -0.05) is 47.1 Å². The van der Waals surface area contributed by atoms with E-state index in [-0.39, 0.29) is 6.54 Å². The second-order valence-corrected chi connectivity index (χ2v) is 5.81. The van der Waals surface area contributed by atoms with Crippen molar-refractivity contribution in [3.05, 3.63) is 64.9 Å². The maximum atomic E-state index is 6.08. The van der Waals surface area contributed by atoms with Gasteiger partial charge in [0, 0.05) is 10.4 Å². The molecule has 0 aliphatic carbocycles. The Morgan fingerprint density at radius 2 is 2.00 bits per heavy atom. The van der Waals surface area contributed by atoms with E-state index >= 15 is 0 Å². The Morgan fingerprint density at radius 1 is 1.12 bits per heavy atom. The van der Waals surface area contributed by atoms with Gasteiger partial charge in [-0.15, -0.1) is 0 Å². The van der Waals surface area contributed by atoms with Crippen LogP contribution in [0.4, 0.5) is 0 Å². The smallest absolute Gasteiger partial charge is 0.276 e. The summed E-state index contributed by atoms with van der Waals surface area (Å²) < 4.78 is 7.23. The standard InChI is InChI=1S/C17H14ClN5O/c18-12-5-3-4-11(8-12)10-23-16(17-20-15(9-19)22-24-17)13-6-1-2-7-14(13)21-23/h1-8H,9-10,19H2. The Balaban J connectivity index is 1.86. The summed E-state index contributed by atoms with van der Waals surface area (Å²) in [6.45, 7) is 0.773. The van der Waals surface area contributed by atoms with Gasteiger partial charge in [-0.2, -0.15) is 10.1 Å². The SMILES string of the molecule is NCc1noc(-c2c3ccccc3nn2Cc2cccc(Cl)c2)n1. The summed E-state index contributed by atoms with van der Waals surface area (Å²) in [7, 11) is 0. The van der Waals surface area contributed by atoms with Crippen LogP contribution in [0, 0.1) is 0 Å². The van der Waals surface area contributed by atoms with Crippen LogP contribution >= 0.6 is 11.6 Å². The highest BCUT2D eigenvalue weighted by Crippen LogP contribution is 2.28. The molecule has 0 fully saturated rings. The van der Waals surface area contributed by atoms with Gasteiger partial charge in [-0.05, 0) is 23.8 Å². The maximum absolute atomic E-state index is 6.08. The van der Waals surface area contributed by atoms with E-state index in [4.69, 9.17) is 21.9 Å². The highest BCUT2D eigenvalue weighted by Gasteiger charge is 2.19. The zero-order valence-corrected chi connectivity index (χ0v) is 13.4. The molecule has 0 spiro atoms. The molecule has 4 aromatic rings. The van der Waals surface area contributed by atoms with Gasteiger partial charge in [-0.3, -0.25) is 4.68 Å².